The van der Waals surface area contributed by atoms with Crippen molar-refractivity contribution in [2.45, 2.75) is 38.6 Å². The van der Waals surface area contributed by atoms with Gasteiger partial charge >= 0.3 is 0 Å². The first-order valence-electron chi connectivity index (χ1n) is 9.82. The Morgan fingerprint density at radius 2 is 2.00 bits per heavy atom. The van der Waals surface area contributed by atoms with Gasteiger partial charge in [0.15, 0.2) is 11.6 Å². The van der Waals surface area contributed by atoms with Gasteiger partial charge in [-0.05, 0) is 43.0 Å². The van der Waals surface area contributed by atoms with E-state index in [1.165, 1.54) is 33.0 Å². The van der Waals surface area contributed by atoms with E-state index in [2.05, 4.69) is 36.5 Å². The second-order valence-corrected chi connectivity index (χ2v) is 8.27. The maximum absolute atomic E-state index is 12.7. The molecule has 1 aromatic heterocycles. The number of hydrogen-bond acceptors (Lipinski definition) is 3. The van der Waals surface area contributed by atoms with Gasteiger partial charge in [0, 0.05) is 12.1 Å². The van der Waals surface area contributed by atoms with Crippen molar-refractivity contribution in [3.05, 3.63) is 59.1 Å². The van der Waals surface area contributed by atoms with Crippen LogP contribution in [0.3, 0.4) is 0 Å². The number of likely N-dealkylation sites (tertiary alicyclic amines) is 1. The Balaban J connectivity index is 1.49. The summed E-state index contributed by atoms with van der Waals surface area (Å²) in [5.74, 6) is 0.0962. The number of carbonyl (C=O) groups is 1. The quantitative estimate of drug-likeness (QED) is 0.710. The van der Waals surface area contributed by atoms with Gasteiger partial charge in [0.25, 0.3) is 5.91 Å². The van der Waals surface area contributed by atoms with Gasteiger partial charge < -0.3 is 10.2 Å². The van der Waals surface area contributed by atoms with E-state index in [-0.39, 0.29) is 5.91 Å². The summed E-state index contributed by atoms with van der Waals surface area (Å²) < 4.78 is 1.23. The van der Waals surface area contributed by atoms with Crippen LogP contribution in [0.2, 0.25) is 0 Å². The second kappa shape index (κ2) is 8.19. The molecule has 1 amide bonds. The molecule has 1 aliphatic rings. The molecule has 1 unspecified atom stereocenters. The highest BCUT2D eigenvalue weighted by atomic mass is 32.1. The van der Waals surface area contributed by atoms with Crippen molar-refractivity contribution in [1.82, 2.24) is 4.98 Å². The Hall–Kier alpha value is -2.24. The van der Waals surface area contributed by atoms with Crippen LogP contribution in [0.15, 0.2) is 48.5 Å². The molecule has 0 bridgehead atoms. The molecule has 0 spiro atoms. The Bertz CT molecular complexity index is 903. The Morgan fingerprint density at radius 3 is 2.85 bits per heavy atom. The van der Waals surface area contributed by atoms with Gasteiger partial charge in [0.1, 0.15) is 6.04 Å². The number of para-hydroxylation sites is 2. The molecule has 4 nitrogen and oxygen atoms in total. The number of hydrogen-bond donors (Lipinski definition) is 2. The number of fused-ring (bicyclic) bond motifs is 1. The van der Waals surface area contributed by atoms with Crippen LogP contribution in [0, 0.1) is 0 Å². The van der Waals surface area contributed by atoms with Crippen molar-refractivity contribution < 1.29 is 9.69 Å². The molecule has 2 atom stereocenters. The van der Waals surface area contributed by atoms with Crippen LogP contribution in [0.25, 0.3) is 10.2 Å². The smallest absolute Gasteiger partial charge is 0.279 e. The molecular formula is C22H26N3OS+. The van der Waals surface area contributed by atoms with Gasteiger partial charge in [-0.25, -0.2) is 4.98 Å². The van der Waals surface area contributed by atoms with Gasteiger partial charge in [0.05, 0.1) is 16.8 Å². The summed E-state index contributed by atoms with van der Waals surface area (Å²) in [6.45, 7) is 3.64. The zero-order valence-corrected chi connectivity index (χ0v) is 16.5. The molecule has 3 aromatic rings. The third-order valence-corrected chi connectivity index (χ3v) is 6.55. The second-order valence-electron chi connectivity index (χ2n) is 7.21. The molecule has 0 radical (unpaired) electrons. The van der Waals surface area contributed by atoms with Crippen LogP contribution in [0.5, 0.6) is 0 Å². The van der Waals surface area contributed by atoms with Gasteiger partial charge in [-0.15, -0.1) is 11.3 Å². The van der Waals surface area contributed by atoms with Crippen molar-refractivity contribution in [3.8, 4) is 0 Å². The molecule has 0 aliphatic carbocycles. The van der Waals surface area contributed by atoms with Gasteiger partial charge in [-0.3, -0.25) is 4.79 Å². The van der Waals surface area contributed by atoms with E-state index in [4.69, 9.17) is 4.98 Å². The van der Waals surface area contributed by atoms with Gasteiger partial charge in [-0.2, -0.15) is 0 Å². The number of aromatic nitrogens is 1. The monoisotopic (exact) mass is 380 g/mol. The molecule has 2 heterocycles. The van der Waals surface area contributed by atoms with Crippen LogP contribution in [-0.4, -0.2) is 24.0 Å². The number of rotatable bonds is 5. The molecule has 140 valence electrons. The third-order valence-electron chi connectivity index (χ3n) is 5.40. The minimum atomic E-state index is 0.0962. The molecule has 4 rings (SSSR count). The normalized spacial score (nSPS) is 19.9. The first-order valence-corrected chi connectivity index (χ1v) is 10.6. The van der Waals surface area contributed by atoms with E-state index < -0.39 is 0 Å². The fourth-order valence-corrected chi connectivity index (χ4v) is 5.14. The van der Waals surface area contributed by atoms with Crippen LogP contribution in [0.4, 0.5) is 5.69 Å². The molecule has 2 aromatic carbocycles. The van der Waals surface area contributed by atoms with Crippen molar-refractivity contribution in [2.75, 3.05) is 18.4 Å². The highest BCUT2D eigenvalue weighted by molar-refractivity contribution is 7.18. The number of amides is 1. The van der Waals surface area contributed by atoms with E-state index in [0.717, 1.165) is 30.6 Å². The summed E-state index contributed by atoms with van der Waals surface area (Å²) in [6, 6.07) is 16.7. The number of benzene rings is 2. The number of quaternary nitrogens is 1. The van der Waals surface area contributed by atoms with Crippen LogP contribution in [0.1, 0.15) is 42.8 Å². The number of thiazole rings is 1. The summed E-state index contributed by atoms with van der Waals surface area (Å²) in [7, 11) is 0. The number of anilines is 1. The largest absolute Gasteiger partial charge is 0.321 e. The summed E-state index contributed by atoms with van der Waals surface area (Å²) in [5, 5.41) is 4.30. The molecule has 1 fully saturated rings. The highest BCUT2D eigenvalue weighted by Crippen LogP contribution is 2.28. The minimum Gasteiger partial charge on any atom is -0.321 e. The van der Waals surface area contributed by atoms with E-state index in [1.54, 1.807) is 11.3 Å². The number of nitrogens with one attached hydrogen (secondary N) is 2. The van der Waals surface area contributed by atoms with E-state index in [1.807, 2.05) is 24.3 Å². The predicted octanol–water partition coefficient (Wildman–Crippen LogP) is 3.61. The van der Waals surface area contributed by atoms with E-state index in [9.17, 15) is 4.79 Å². The zero-order chi connectivity index (χ0) is 18.6. The topological polar surface area (TPSA) is 46.4 Å². The average molecular weight is 381 g/mol. The first kappa shape index (κ1) is 18.1. The molecule has 2 N–H and O–H groups in total. The van der Waals surface area contributed by atoms with Crippen molar-refractivity contribution in [1.29, 1.82) is 0 Å². The number of carbonyl (C=O) groups excluding carboxylic acids is 1. The molecule has 27 heavy (non-hydrogen) atoms. The SMILES string of the molecule is CCc1ccccc1NC(=O)C[NH+]1CCCC[C@H]1c1nc2ccccc2s1. The lowest BCUT2D eigenvalue weighted by atomic mass is 10.0. The van der Waals surface area contributed by atoms with E-state index in [0.29, 0.717) is 12.6 Å². The summed E-state index contributed by atoms with van der Waals surface area (Å²) in [6.07, 6.45) is 4.41. The number of nitrogens with zero attached hydrogens (tertiary/aromatic N) is 1. The van der Waals surface area contributed by atoms with Crippen LogP contribution in [-0.2, 0) is 11.2 Å². The number of piperidine rings is 1. The maximum atomic E-state index is 12.7. The average Bonchev–Trinajstić information content (AvgIpc) is 3.13. The fourth-order valence-electron chi connectivity index (χ4n) is 3.98. The Morgan fingerprint density at radius 1 is 1.19 bits per heavy atom. The Labute approximate surface area is 164 Å². The molecular weight excluding hydrogens is 354 g/mol. The van der Waals surface area contributed by atoms with Crippen LogP contribution < -0.4 is 10.2 Å². The van der Waals surface area contributed by atoms with Crippen molar-refractivity contribution in [3.63, 3.8) is 0 Å². The minimum absolute atomic E-state index is 0.0962. The predicted molar refractivity (Wildman–Crippen MR) is 111 cm³/mol. The lowest BCUT2D eigenvalue weighted by Crippen LogP contribution is -3.14. The standard InChI is InChI=1S/C22H25N3OS/c1-2-16-9-3-4-10-17(16)23-21(26)15-25-14-8-7-12-19(25)22-24-18-11-5-6-13-20(18)27-22/h3-6,9-11,13,19H,2,7-8,12,14-15H2,1H3,(H,23,26)/p+1/t19-/m0/s1. The molecule has 5 heteroatoms. The summed E-state index contributed by atoms with van der Waals surface area (Å²) in [4.78, 5) is 19.0. The van der Waals surface area contributed by atoms with Crippen molar-refractivity contribution >= 4 is 33.1 Å². The van der Waals surface area contributed by atoms with Gasteiger partial charge in [0.2, 0.25) is 0 Å². The fraction of sp³-hybridized carbons (Fsp3) is 0.364. The summed E-state index contributed by atoms with van der Waals surface area (Å²) >= 11 is 1.78. The Kier molecular flexibility index (Phi) is 5.50. The summed E-state index contributed by atoms with van der Waals surface area (Å²) in [5.41, 5.74) is 3.20. The lowest BCUT2D eigenvalue weighted by molar-refractivity contribution is -0.929. The molecule has 0 saturated carbocycles. The maximum Gasteiger partial charge on any atom is 0.279 e. The van der Waals surface area contributed by atoms with Gasteiger partial charge in [-0.1, -0.05) is 37.3 Å². The van der Waals surface area contributed by atoms with E-state index >= 15 is 0 Å². The third kappa shape index (κ3) is 4.04. The van der Waals surface area contributed by atoms with Crippen molar-refractivity contribution in [2.24, 2.45) is 0 Å². The first-order chi connectivity index (χ1) is 13.2. The van der Waals surface area contributed by atoms with Crippen LogP contribution >= 0.6 is 11.3 Å². The lowest BCUT2D eigenvalue weighted by Gasteiger charge is -2.30. The zero-order valence-electron chi connectivity index (χ0n) is 15.7. The highest BCUT2D eigenvalue weighted by Gasteiger charge is 2.32. The molecule has 1 aliphatic heterocycles. The molecule has 1 saturated heterocycles. The number of aryl methyl sites for hydroxylation is 1.